The van der Waals surface area contributed by atoms with Crippen molar-refractivity contribution in [3.05, 3.63) is 35.9 Å². The highest BCUT2D eigenvalue weighted by Gasteiger charge is 2.60. The molecule has 3 aliphatic rings. The molecule has 3 fully saturated rings. The molecule has 1 unspecified atom stereocenters. The fraction of sp³-hybridized carbons (Fsp3) is 0.619. The van der Waals surface area contributed by atoms with E-state index in [1.807, 2.05) is 11.0 Å². The third-order valence-electron chi connectivity index (χ3n) is 6.51. The first-order valence-electron chi connectivity index (χ1n) is 9.86. The Kier molecular flexibility index (Phi) is 4.53. The Morgan fingerprint density at radius 3 is 2.44 bits per heavy atom. The number of hydrogen-bond donors (Lipinski definition) is 1. The van der Waals surface area contributed by atoms with Crippen LogP contribution >= 0.6 is 0 Å². The largest absolute Gasteiger partial charge is 0.354 e. The molecule has 4 nitrogen and oxygen atoms in total. The molecule has 2 saturated carbocycles. The van der Waals surface area contributed by atoms with Crippen LogP contribution in [0.2, 0.25) is 0 Å². The van der Waals surface area contributed by atoms with Gasteiger partial charge in [0, 0.05) is 19.0 Å². The Morgan fingerprint density at radius 2 is 1.80 bits per heavy atom. The third-order valence-corrected chi connectivity index (χ3v) is 6.51. The molecule has 4 heteroatoms. The summed E-state index contributed by atoms with van der Waals surface area (Å²) in [5, 5.41) is 3.03. The van der Waals surface area contributed by atoms with Gasteiger partial charge in [0.1, 0.15) is 0 Å². The molecule has 1 aliphatic heterocycles. The fourth-order valence-corrected chi connectivity index (χ4v) is 4.90. The van der Waals surface area contributed by atoms with E-state index in [4.69, 9.17) is 0 Å². The average Bonchev–Trinajstić information content (AvgIpc) is 2.60. The topological polar surface area (TPSA) is 49.4 Å². The van der Waals surface area contributed by atoms with Crippen LogP contribution in [0.15, 0.2) is 30.3 Å². The third kappa shape index (κ3) is 2.86. The van der Waals surface area contributed by atoms with Crippen LogP contribution < -0.4 is 5.32 Å². The second kappa shape index (κ2) is 6.81. The summed E-state index contributed by atoms with van der Waals surface area (Å²) in [4.78, 5) is 27.0. The van der Waals surface area contributed by atoms with Crippen molar-refractivity contribution in [1.82, 2.24) is 10.2 Å². The molecule has 1 saturated heterocycles. The maximum Gasteiger partial charge on any atom is 0.231 e. The number of nitrogens with zero attached hydrogens (tertiary/aromatic N) is 1. The van der Waals surface area contributed by atoms with Crippen molar-refractivity contribution < 1.29 is 9.59 Å². The molecule has 0 aromatic heterocycles. The molecule has 1 spiro atoms. The van der Waals surface area contributed by atoms with Gasteiger partial charge in [-0.25, -0.2) is 0 Å². The SMILES string of the molecule is O=C(NCCN1C(=O)C2(CCCCC2)C1c1ccccc1)C1CCC1. The number of benzene rings is 1. The Labute approximate surface area is 150 Å². The summed E-state index contributed by atoms with van der Waals surface area (Å²) in [7, 11) is 0. The molecule has 1 atom stereocenters. The molecule has 2 amide bonds. The highest BCUT2D eigenvalue weighted by atomic mass is 16.2. The van der Waals surface area contributed by atoms with E-state index < -0.39 is 0 Å². The van der Waals surface area contributed by atoms with Crippen molar-refractivity contribution in [2.24, 2.45) is 11.3 Å². The summed E-state index contributed by atoms with van der Waals surface area (Å²) in [6.07, 6.45) is 8.78. The number of carbonyl (C=O) groups excluding carboxylic acids is 2. The van der Waals surface area contributed by atoms with E-state index in [0.29, 0.717) is 19.0 Å². The minimum Gasteiger partial charge on any atom is -0.354 e. The predicted octanol–water partition coefficient (Wildman–Crippen LogP) is 3.44. The summed E-state index contributed by atoms with van der Waals surface area (Å²) in [5.41, 5.74) is 1.06. The first-order chi connectivity index (χ1) is 12.2. The molecule has 0 radical (unpaired) electrons. The highest BCUT2D eigenvalue weighted by molar-refractivity contribution is 5.91. The second-order valence-electron chi connectivity index (χ2n) is 7.95. The van der Waals surface area contributed by atoms with E-state index >= 15 is 0 Å². The summed E-state index contributed by atoms with van der Waals surface area (Å²) in [5.74, 6) is 0.684. The van der Waals surface area contributed by atoms with E-state index in [0.717, 1.165) is 38.5 Å². The Bertz CT molecular complexity index is 633. The van der Waals surface area contributed by atoms with Gasteiger partial charge in [0.25, 0.3) is 0 Å². The monoisotopic (exact) mass is 340 g/mol. The number of amides is 2. The van der Waals surface area contributed by atoms with Crippen LogP contribution in [-0.2, 0) is 9.59 Å². The van der Waals surface area contributed by atoms with Crippen molar-refractivity contribution >= 4 is 11.8 Å². The highest BCUT2D eigenvalue weighted by Crippen LogP contribution is 2.57. The van der Waals surface area contributed by atoms with Gasteiger partial charge in [0.05, 0.1) is 11.5 Å². The van der Waals surface area contributed by atoms with Gasteiger partial charge < -0.3 is 10.2 Å². The summed E-state index contributed by atoms with van der Waals surface area (Å²) < 4.78 is 0. The summed E-state index contributed by atoms with van der Waals surface area (Å²) in [6, 6.07) is 10.6. The number of rotatable bonds is 5. The smallest absolute Gasteiger partial charge is 0.231 e. The quantitative estimate of drug-likeness (QED) is 0.835. The zero-order chi connectivity index (χ0) is 17.3. The molecule has 1 aromatic rings. The van der Waals surface area contributed by atoms with Crippen LogP contribution in [0.1, 0.15) is 63.0 Å². The minimum absolute atomic E-state index is 0.169. The molecule has 1 heterocycles. The maximum absolute atomic E-state index is 13.0. The molecule has 0 bridgehead atoms. The molecule has 2 aliphatic carbocycles. The number of β-lactam (4-membered cyclic amide) rings is 1. The Morgan fingerprint density at radius 1 is 1.08 bits per heavy atom. The molecular formula is C21H28N2O2. The van der Waals surface area contributed by atoms with Gasteiger partial charge >= 0.3 is 0 Å². The number of hydrogen-bond acceptors (Lipinski definition) is 2. The number of nitrogens with one attached hydrogen (secondary N) is 1. The van der Waals surface area contributed by atoms with Crippen LogP contribution in [0, 0.1) is 11.3 Å². The van der Waals surface area contributed by atoms with E-state index in [-0.39, 0.29) is 23.3 Å². The van der Waals surface area contributed by atoms with Crippen LogP contribution in [0.4, 0.5) is 0 Å². The number of likely N-dealkylation sites (tertiary alicyclic amines) is 1. The van der Waals surface area contributed by atoms with E-state index in [9.17, 15) is 9.59 Å². The first kappa shape index (κ1) is 16.6. The van der Waals surface area contributed by atoms with Gasteiger partial charge in [-0.15, -0.1) is 0 Å². The van der Waals surface area contributed by atoms with Crippen LogP contribution in [0.5, 0.6) is 0 Å². The Balaban J connectivity index is 1.44. The molecule has 1 N–H and O–H groups in total. The van der Waals surface area contributed by atoms with Gasteiger partial charge in [-0.3, -0.25) is 9.59 Å². The summed E-state index contributed by atoms with van der Waals surface area (Å²) >= 11 is 0. The van der Waals surface area contributed by atoms with Crippen molar-refractivity contribution in [2.45, 2.75) is 57.4 Å². The lowest BCUT2D eigenvalue weighted by Crippen LogP contribution is -2.65. The lowest BCUT2D eigenvalue weighted by Gasteiger charge is -2.58. The number of carbonyl (C=O) groups is 2. The minimum atomic E-state index is -0.183. The average molecular weight is 340 g/mol. The molecule has 25 heavy (non-hydrogen) atoms. The van der Waals surface area contributed by atoms with Gasteiger partial charge in [0.2, 0.25) is 11.8 Å². The van der Waals surface area contributed by atoms with E-state index in [1.54, 1.807) is 0 Å². The van der Waals surface area contributed by atoms with Crippen molar-refractivity contribution in [3.8, 4) is 0 Å². The van der Waals surface area contributed by atoms with Crippen LogP contribution in [-0.4, -0.2) is 29.8 Å². The van der Waals surface area contributed by atoms with Crippen molar-refractivity contribution in [1.29, 1.82) is 0 Å². The fourth-order valence-electron chi connectivity index (χ4n) is 4.90. The van der Waals surface area contributed by atoms with Gasteiger partial charge in [-0.05, 0) is 31.2 Å². The predicted molar refractivity (Wildman–Crippen MR) is 96.8 cm³/mol. The maximum atomic E-state index is 13.0. The van der Waals surface area contributed by atoms with Crippen LogP contribution in [0.3, 0.4) is 0 Å². The second-order valence-corrected chi connectivity index (χ2v) is 7.95. The van der Waals surface area contributed by atoms with E-state index in [1.165, 1.54) is 18.4 Å². The molecule has 1 aromatic carbocycles. The molecule has 134 valence electrons. The Hall–Kier alpha value is -1.84. The summed E-state index contributed by atoms with van der Waals surface area (Å²) in [6.45, 7) is 1.19. The van der Waals surface area contributed by atoms with Gasteiger partial charge in [0.15, 0.2) is 0 Å². The van der Waals surface area contributed by atoms with E-state index in [2.05, 4.69) is 29.6 Å². The lowest BCUT2D eigenvalue weighted by atomic mass is 9.60. The molecular weight excluding hydrogens is 312 g/mol. The lowest BCUT2D eigenvalue weighted by molar-refractivity contribution is -0.178. The van der Waals surface area contributed by atoms with Gasteiger partial charge in [-0.1, -0.05) is 56.0 Å². The van der Waals surface area contributed by atoms with Crippen molar-refractivity contribution in [2.75, 3.05) is 13.1 Å². The zero-order valence-electron chi connectivity index (χ0n) is 14.9. The normalized spacial score (nSPS) is 25.4. The molecule has 4 rings (SSSR count). The van der Waals surface area contributed by atoms with Crippen LogP contribution in [0.25, 0.3) is 0 Å². The van der Waals surface area contributed by atoms with Gasteiger partial charge in [-0.2, -0.15) is 0 Å². The first-order valence-corrected chi connectivity index (χ1v) is 9.86. The zero-order valence-corrected chi connectivity index (χ0v) is 14.9. The van der Waals surface area contributed by atoms with Crippen molar-refractivity contribution in [3.63, 3.8) is 0 Å². The standard InChI is InChI=1S/C21H28N2O2/c24-19(17-10-7-11-17)22-14-15-23-18(16-8-3-1-4-9-16)21(20(23)25)12-5-2-6-13-21/h1,3-4,8-9,17-18H,2,5-7,10-15H2,(H,22,24).